The summed E-state index contributed by atoms with van der Waals surface area (Å²) in [5.74, 6) is -2.85. The molecular weight excluding hydrogens is 479 g/mol. The number of hydrogen-bond donors (Lipinski definition) is 1. The van der Waals surface area contributed by atoms with Crippen LogP contribution in [0.4, 0.5) is 4.39 Å². The average molecular weight is 509 g/mol. The first kappa shape index (κ1) is 27.3. The van der Waals surface area contributed by atoms with Gasteiger partial charge < -0.3 is 19.5 Å². The first-order valence-electron chi connectivity index (χ1n) is 11.7. The minimum absolute atomic E-state index is 0.138. The first-order chi connectivity index (χ1) is 17.6. The molecule has 0 aliphatic rings. The molecule has 1 heterocycles. The van der Waals surface area contributed by atoms with Gasteiger partial charge in [-0.25, -0.2) is 14.2 Å². The molecule has 37 heavy (non-hydrogen) atoms. The minimum atomic E-state index is -1.06. The second-order valence-corrected chi connectivity index (χ2v) is 8.56. The quantitative estimate of drug-likeness (QED) is 0.429. The van der Waals surface area contributed by atoms with E-state index in [1.807, 2.05) is 31.2 Å². The van der Waals surface area contributed by atoms with Crippen LogP contribution in [-0.2, 0) is 14.3 Å². The Morgan fingerprint density at radius 1 is 0.946 bits per heavy atom. The molecule has 0 radical (unpaired) electrons. The Morgan fingerprint density at radius 2 is 1.54 bits per heavy atom. The molecule has 2 aromatic carbocycles. The van der Waals surface area contributed by atoms with E-state index in [0.717, 1.165) is 16.7 Å². The van der Waals surface area contributed by atoms with E-state index in [0.29, 0.717) is 0 Å². The zero-order chi connectivity index (χ0) is 27.1. The molecule has 0 saturated heterocycles. The molecule has 0 spiro atoms. The summed E-state index contributed by atoms with van der Waals surface area (Å²) in [6, 6.07) is 14.2. The molecule has 3 atom stereocenters. The highest BCUT2D eigenvalue weighted by atomic mass is 19.1. The monoisotopic (exact) mass is 508 g/mol. The summed E-state index contributed by atoms with van der Waals surface area (Å²) < 4.78 is 29.6. The molecule has 1 unspecified atom stereocenters. The van der Waals surface area contributed by atoms with Crippen LogP contribution in [0.2, 0.25) is 0 Å². The SMILES string of the molecule is COc1ccnc(C(=O)N[C@H](C)C(=O)O[C@@H](C)C(c2ccc(C)cc2)c2ccc(F)cc2)c1OC(C)=O. The van der Waals surface area contributed by atoms with Gasteiger partial charge in [-0.1, -0.05) is 42.0 Å². The molecule has 1 amide bonds. The van der Waals surface area contributed by atoms with Gasteiger partial charge in [0.05, 0.1) is 7.11 Å². The van der Waals surface area contributed by atoms with Gasteiger partial charge in [0.1, 0.15) is 18.0 Å². The standard InChI is InChI=1S/C28H29FN2O6/c1-16-6-8-20(9-7-16)24(21-10-12-22(29)13-11-21)18(3)36-28(34)17(2)31-27(33)25-26(37-19(4)32)23(35-5)14-15-30-25/h6-15,17-18,24H,1-5H3,(H,31,33)/t17-,18+,24?/m1/s1. The Bertz CT molecular complexity index is 1220. The predicted octanol–water partition coefficient (Wildman–Crippen LogP) is 4.35. The number of carbonyl (C=O) groups is 3. The third-order valence-electron chi connectivity index (χ3n) is 5.69. The number of rotatable bonds is 9. The number of aryl methyl sites for hydroxylation is 1. The number of halogens is 1. The highest BCUT2D eigenvalue weighted by Gasteiger charge is 2.29. The summed E-state index contributed by atoms with van der Waals surface area (Å²) in [5.41, 5.74) is 2.52. The maximum atomic E-state index is 13.6. The van der Waals surface area contributed by atoms with Crippen molar-refractivity contribution < 1.29 is 33.0 Å². The highest BCUT2D eigenvalue weighted by Crippen LogP contribution is 2.31. The number of benzene rings is 2. The number of esters is 2. The lowest BCUT2D eigenvalue weighted by atomic mass is 9.87. The van der Waals surface area contributed by atoms with E-state index in [-0.39, 0.29) is 28.9 Å². The predicted molar refractivity (Wildman–Crippen MR) is 134 cm³/mol. The zero-order valence-electron chi connectivity index (χ0n) is 21.3. The molecule has 0 aliphatic carbocycles. The number of nitrogens with one attached hydrogen (secondary N) is 1. The molecule has 1 N–H and O–H groups in total. The largest absolute Gasteiger partial charge is 0.493 e. The first-order valence-corrected chi connectivity index (χ1v) is 11.7. The molecule has 0 fully saturated rings. The normalized spacial score (nSPS) is 13.1. The molecule has 0 aliphatic heterocycles. The number of methoxy groups -OCH3 is 1. The van der Waals surface area contributed by atoms with Crippen LogP contribution in [0.25, 0.3) is 0 Å². The Hall–Kier alpha value is -4.27. The van der Waals surface area contributed by atoms with E-state index in [1.165, 1.54) is 45.4 Å². The number of nitrogens with zero attached hydrogens (tertiary/aromatic N) is 1. The van der Waals surface area contributed by atoms with E-state index in [2.05, 4.69) is 10.3 Å². The Kier molecular flexibility index (Phi) is 8.95. The maximum Gasteiger partial charge on any atom is 0.328 e. The van der Waals surface area contributed by atoms with Crippen molar-refractivity contribution >= 4 is 17.8 Å². The lowest BCUT2D eigenvalue weighted by Crippen LogP contribution is -2.41. The van der Waals surface area contributed by atoms with Crippen molar-refractivity contribution in [3.63, 3.8) is 0 Å². The molecule has 194 valence electrons. The van der Waals surface area contributed by atoms with Crippen molar-refractivity contribution in [1.29, 1.82) is 0 Å². The average Bonchev–Trinajstić information content (AvgIpc) is 2.86. The van der Waals surface area contributed by atoms with Gasteiger partial charge in [0.15, 0.2) is 11.4 Å². The van der Waals surface area contributed by atoms with Gasteiger partial charge >= 0.3 is 11.9 Å². The second-order valence-electron chi connectivity index (χ2n) is 8.56. The van der Waals surface area contributed by atoms with Gasteiger partial charge in [-0.05, 0) is 44.0 Å². The van der Waals surface area contributed by atoms with Gasteiger partial charge in [-0.3, -0.25) is 9.59 Å². The zero-order valence-corrected chi connectivity index (χ0v) is 21.3. The lowest BCUT2D eigenvalue weighted by Gasteiger charge is -2.26. The van der Waals surface area contributed by atoms with E-state index >= 15 is 0 Å². The summed E-state index contributed by atoms with van der Waals surface area (Å²) in [6.45, 7) is 6.36. The molecule has 3 rings (SSSR count). The minimum Gasteiger partial charge on any atom is -0.493 e. The van der Waals surface area contributed by atoms with Crippen molar-refractivity contribution in [1.82, 2.24) is 10.3 Å². The van der Waals surface area contributed by atoms with Crippen LogP contribution < -0.4 is 14.8 Å². The molecule has 1 aromatic heterocycles. The molecule has 9 heteroatoms. The number of hydrogen-bond acceptors (Lipinski definition) is 7. The number of amides is 1. The van der Waals surface area contributed by atoms with Gasteiger partial charge in [-0.15, -0.1) is 0 Å². The van der Waals surface area contributed by atoms with E-state index in [9.17, 15) is 18.8 Å². The number of aromatic nitrogens is 1. The van der Waals surface area contributed by atoms with Crippen molar-refractivity contribution in [3.05, 3.63) is 89.0 Å². The smallest absolute Gasteiger partial charge is 0.328 e. The fourth-order valence-electron chi connectivity index (χ4n) is 3.85. The van der Waals surface area contributed by atoms with Crippen LogP contribution in [0, 0.1) is 12.7 Å². The summed E-state index contributed by atoms with van der Waals surface area (Å²) in [7, 11) is 1.36. The Morgan fingerprint density at radius 3 is 2.11 bits per heavy atom. The van der Waals surface area contributed by atoms with Gasteiger partial charge in [-0.2, -0.15) is 0 Å². The molecule has 8 nitrogen and oxygen atoms in total. The highest BCUT2D eigenvalue weighted by molar-refractivity contribution is 5.98. The third-order valence-corrected chi connectivity index (χ3v) is 5.69. The van der Waals surface area contributed by atoms with Crippen LogP contribution >= 0.6 is 0 Å². The molecular formula is C28H29FN2O6. The van der Waals surface area contributed by atoms with Crippen LogP contribution in [0.1, 0.15) is 53.9 Å². The summed E-state index contributed by atoms with van der Waals surface area (Å²) in [6.07, 6.45) is 0.673. The van der Waals surface area contributed by atoms with Crippen molar-refractivity contribution in [2.45, 2.75) is 45.8 Å². The van der Waals surface area contributed by atoms with Crippen molar-refractivity contribution in [2.24, 2.45) is 0 Å². The lowest BCUT2D eigenvalue weighted by molar-refractivity contribution is -0.150. The second kappa shape index (κ2) is 12.1. The number of pyridine rings is 1. The topological polar surface area (TPSA) is 104 Å². The van der Waals surface area contributed by atoms with Crippen LogP contribution in [0.3, 0.4) is 0 Å². The summed E-state index contributed by atoms with van der Waals surface area (Å²) in [5, 5.41) is 2.53. The number of carbonyl (C=O) groups excluding carboxylic acids is 3. The van der Waals surface area contributed by atoms with Crippen molar-refractivity contribution in [3.8, 4) is 11.5 Å². The van der Waals surface area contributed by atoms with Gasteiger partial charge in [0.2, 0.25) is 5.75 Å². The molecule has 0 saturated carbocycles. The Balaban J connectivity index is 1.78. The van der Waals surface area contributed by atoms with E-state index in [1.54, 1.807) is 19.1 Å². The third kappa shape index (κ3) is 6.91. The Labute approximate surface area is 214 Å². The molecule has 0 bridgehead atoms. The van der Waals surface area contributed by atoms with E-state index < -0.39 is 30.0 Å². The fourth-order valence-corrected chi connectivity index (χ4v) is 3.85. The fraction of sp³-hybridized carbons (Fsp3) is 0.286. The van der Waals surface area contributed by atoms with Crippen LogP contribution in [0.15, 0.2) is 60.8 Å². The maximum absolute atomic E-state index is 13.6. The summed E-state index contributed by atoms with van der Waals surface area (Å²) >= 11 is 0. The van der Waals surface area contributed by atoms with Gasteiger partial charge in [0.25, 0.3) is 5.91 Å². The van der Waals surface area contributed by atoms with Gasteiger partial charge in [0, 0.05) is 25.1 Å². The molecule has 3 aromatic rings. The number of ether oxygens (including phenoxy) is 3. The van der Waals surface area contributed by atoms with Crippen LogP contribution in [0.5, 0.6) is 11.5 Å². The van der Waals surface area contributed by atoms with Crippen molar-refractivity contribution in [2.75, 3.05) is 7.11 Å². The van der Waals surface area contributed by atoms with E-state index in [4.69, 9.17) is 14.2 Å². The summed E-state index contributed by atoms with van der Waals surface area (Å²) in [4.78, 5) is 41.3. The van der Waals surface area contributed by atoms with Crippen LogP contribution in [-0.4, -0.2) is 42.1 Å².